The molecule has 1 aliphatic heterocycles. The lowest BCUT2D eigenvalue weighted by Crippen LogP contribution is -2.42. The van der Waals surface area contributed by atoms with Crippen molar-refractivity contribution in [3.8, 4) is 0 Å². The summed E-state index contributed by atoms with van der Waals surface area (Å²) >= 11 is 0. The highest BCUT2D eigenvalue weighted by Gasteiger charge is 2.27. The molecule has 20 heavy (non-hydrogen) atoms. The first-order valence-corrected chi connectivity index (χ1v) is 6.98. The molecule has 1 aromatic rings. The van der Waals surface area contributed by atoms with Gasteiger partial charge < -0.3 is 10.2 Å². The number of hydrogen-bond acceptors (Lipinski definition) is 3. The van der Waals surface area contributed by atoms with Gasteiger partial charge in [-0.2, -0.15) is 0 Å². The van der Waals surface area contributed by atoms with Crippen molar-refractivity contribution in [1.82, 2.24) is 15.2 Å². The molecular weight excluding hydrogens is 254 g/mol. The van der Waals surface area contributed by atoms with Crippen LogP contribution in [0.1, 0.15) is 34.6 Å². The molecule has 2 amide bonds. The fourth-order valence-electron chi connectivity index (χ4n) is 2.63. The summed E-state index contributed by atoms with van der Waals surface area (Å²) in [5.41, 5.74) is 2.34. The van der Waals surface area contributed by atoms with Crippen LogP contribution in [-0.2, 0) is 4.79 Å². The van der Waals surface area contributed by atoms with Crippen LogP contribution in [0.15, 0.2) is 12.1 Å². The molecule has 1 fully saturated rings. The van der Waals surface area contributed by atoms with Gasteiger partial charge in [0, 0.05) is 31.7 Å². The first-order chi connectivity index (χ1) is 9.52. The average molecular weight is 275 g/mol. The molecule has 0 aliphatic carbocycles. The maximum atomic E-state index is 12.5. The second-order valence-corrected chi connectivity index (χ2v) is 5.27. The van der Waals surface area contributed by atoms with E-state index in [2.05, 4.69) is 10.3 Å². The second kappa shape index (κ2) is 6.03. The summed E-state index contributed by atoms with van der Waals surface area (Å²) in [6.07, 6.45) is 1.45. The van der Waals surface area contributed by atoms with Crippen molar-refractivity contribution in [3.63, 3.8) is 0 Å². The largest absolute Gasteiger partial charge is 0.359 e. The van der Waals surface area contributed by atoms with Gasteiger partial charge in [-0.05, 0) is 38.8 Å². The Hall–Kier alpha value is -1.91. The van der Waals surface area contributed by atoms with Crippen LogP contribution in [-0.4, -0.2) is 41.8 Å². The van der Waals surface area contributed by atoms with Crippen molar-refractivity contribution in [2.45, 2.75) is 26.7 Å². The standard InChI is InChI=1S/C15H21N3O2/c1-10-4-5-13(11(2)17-10)15(20)18-8-6-12(7-9-18)14(19)16-3/h4-5,12H,6-9H2,1-3H3,(H,16,19). The number of piperidine rings is 1. The molecule has 0 atom stereocenters. The number of pyridine rings is 1. The van der Waals surface area contributed by atoms with Crippen molar-refractivity contribution in [2.75, 3.05) is 20.1 Å². The van der Waals surface area contributed by atoms with Crippen molar-refractivity contribution in [1.29, 1.82) is 0 Å². The molecule has 1 aromatic heterocycles. The topological polar surface area (TPSA) is 62.3 Å². The summed E-state index contributed by atoms with van der Waals surface area (Å²) in [6, 6.07) is 3.70. The van der Waals surface area contributed by atoms with Crippen LogP contribution >= 0.6 is 0 Å². The quantitative estimate of drug-likeness (QED) is 0.885. The van der Waals surface area contributed by atoms with Crippen LogP contribution in [0.25, 0.3) is 0 Å². The van der Waals surface area contributed by atoms with Gasteiger partial charge in [-0.25, -0.2) is 0 Å². The molecule has 0 spiro atoms. The van der Waals surface area contributed by atoms with Gasteiger partial charge in [0.1, 0.15) is 0 Å². The van der Waals surface area contributed by atoms with Gasteiger partial charge in [-0.1, -0.05) is 0 Å². The number of aromatic nitrogens is 1. The minimum atomic E-state index is 0.0188. The van der Waals surface area contributed by atoms with Gasteiger partial charge in [0.2, 0.25) is 5.91 Å². The molecule has 2 rings (SSSR count). The Kier molecular flexibility index (Phi) is 4.37. The lowest BCUT2D eigenvalue weighted by molar-refractivity contribution is -0.125. The van der Waals surface area contributed by atoms with E-state index in [1.807, 2.05) is 30.9 Å². The molecule has 2 heterocycles. The number of aryl methyl sites for hydroxylation is 2. The van der Waals surface area contributed by atoms with E-state index in [-0.39, 0.29) is 17.7 Å². The van der Waals surface area contributed by atoms with Crippen LogP contribution in [0.4, 0.5) is 0 Å². The highest BCUT2D eigenvalue weighted by molar-refractivity contribution is 5.95. The predicted molar refractivity (Wildman–Crippen MR) is 76.4 cm³/mol. The molecule has 0 radical (unpaired) electrons. The van der Waals surface area contributed by atoms with Crippen molar-refractivity contribution < 1.29 is 9.59 Å². The predicted octanol–water partition coefficient (Wildman–Crippen LogP) is 1.30. The Balaban J connectivity index is 2.03. The van der Waals surface area contributed by atoms with Crippen LogP contribution in [0, 0.1) is 19.8 Å². The van der Waals surface area contributed by atoms with E-state index in [4.69, 9.17) is 0 Å². The number of likely N-dealkylation sites (tertiary alicyclic amines) is 1. The molecule has 1 saturated heterocycles. The molecule has 0 unspecified atom stereocenters. The number of rotatable bonds is 2. The Morgan fingerprint density at radius 3 is 2.45 bits per heavy atom. The van der Waals surface area contributed by atoms with Crippen molar-refractivity contribution in [3.05, 3.63) is 29.1 Å². The number of carbonyl (C=O) groups is 2. The van der Waals surface area contributed by atoms with Crippen molar-refractivity contribution >= 4 is 11.8 Å². The van der Waals surface area contributed by atoms with E-state index >= 15 is 0 Å². The van der Waals surface area contributed by atoms with E-state index in [0.29, 0.717) is 18.7 Å². The zero-order chi connectivity index (χ0) is 14.7. The van der Waals surface area contributed by atoms with Crippen LogP contribution in [0.3, 0.4) is 0 Å². The van der Waals surface area contributed by atoms with E-state index in [1.165, 1.54) is 0 Å². The highest BCUT2D eigenvalue weighted by atomic mass is 16.2. The fraction of sp³-hybridized carbons (Fsp3) is 0.533. The molecule has 5 heteroatoms. The monoisotopic (exact) mass is 275 g/mol. The third kappa shape index (κ3) is 2.98. The number of hydrogen-bond donors (Lipinski definition) is 1. The Labute approximate surface area is 119 Å². The van der Waals surface area contributed by atoms with Gasteiger partial charge in [0.15, 0.2) is 0 Å². The van der Waals surface area contributed by atoms with Crippen molar-refractivity contribution in [2.24, 2.45) is 5.92 Å². The van der Waals surface area contributed by atoms with Gasteiger partial charge in [-0.15, -0.1) is 0 Å². The number of carbonyl (C=O) groups excluding carboxylic acids is 2. The zero-order valence-electron chi connectivity index (χ0n) is 12.3. The maximum absolute atomic E-state index is 12.5. The van der Waals surface area contributed by atoms with E-state index < -0.39 is 0 Å². The molecular formula is C15H21N3O2. The third-order valence-corrected chi connectivity index (χ3v) is 3.85. The molecule has 5 nitrogen and oxygen atoms in total. The Morgan fingerprint density at radius 2 is 1.90 bits per heavy atom. The Morgan fingerprint density at radius 1 is 1.25 bits per heavy atom. The van der Waals surface area contributed by atoms with Gasteiger partial charge in [-0.3, -0.25) is 14.6 Å². The number of nitrogens with one attached hydrogen (secondary N) is 1. The highest BCUT2D eigenvalue weighted by Crippen LogP contribution is 2.20. The zero-order valence-corrected chi connectivity index (χ0v) is 12.3. The third-order valence-electron chi connectivity index (χ3n) is 3.85. The molecule has 1 aliphatic rings. The average Bonchev–Trinajstić information content (AvgIpc) is 2.46. The number of nitrogens with zero attached hydrogens (tertiary/aromatic N) is 2. The summed E-state index contributed by atoms with van der Waals surface area (Å²) in [4.78, 5) is 30.2. The lowest BCUT2D eigenvalue weighted by Gasteiger charge is -2.31. The molecule has 108 valence electrons. The minimum Gasteiger partial charge on any atom is -0.359 e. The first kappa shape index (κ1) is 14.5. The molecule has 1 N–H and O–H groups in total. The first-order valence-electron chi connectivity index (χ1n) is 6.98. The summed E-state index contributed by atoms with van der Waals surface area (Å²) < 4.78 is 0. The normalized spacial score (nSPS) is 16.1. The van der Waals surface area contributed by atoms with Gasteiger partial charge in [0.05, 0.1) is 11.3 Å². The molecule has 0 aromatic carbocycles. The molecule has 0 saturated carbocycles. The van der Waals surface area contributed by atoms with Crippen LogP contribution in [0.5, 0.6) is 0 Å². The van der Waals surface area contributed by atoms with E-state index in [9.17, 15) is 9.59 Å². The summed E-state index contributed by atoms with van der Waals surface area (Å²) in [5, 5.41) is 2.67. The number of amides is 2. The lowest BCUT2D eigenvalue weighted by atomic mass is 9.95. The fourth-order valence-corrected chi connectivity index (χ4v) is 2.63. The van der Waals surface area contributed by atoms with E-state index in [1.54, 1.807) is 7.05 Å². The van der Waals surface area contributed by atoms with Gasteiger partial charge in [0.25, 0.3) is 5.91 Å². The Bertz CT molecular complexity index is 520. The van der Waals surface area contributed by atoms with Gasteiger partial charge >= 0.3 is 0 Å². The SMILES string of the molecule is CNC(=O)C1CCN(C(=O)c2ccc(C)nc2C)CC1. The summed E-state index contributed by atoms with van der Waals surface area (Å²) in [6.45, 7) is 5.03. The summed E-state index contributed by atoms with van der Waals surface area (Å²) in [5.74, 6) is 0.122. The maximum Gasteiger partial charge on any atom is 0.255 e. The second-order valence-electron chi connectivity index (χ2n) is 5.27. The smallest absolute Gasteiger partial charge is 0.255 e. The summed E-state index contributed by atoms with van der Waals surface area (Å²) in [7, 11) is 1.65. The van der Waals surface area contributed by atoms with Crippen LogP contribution < -0.4 is 5.32 Å². The molecule has 0 bridgehead atoms. The van der Waals surface area contributed by atoms with Crippen LogP contribution in [0.2, 0.25) is 0 Å². The van der Waals surface area contributed by atoms with E-state index in [0.717, 1.165) is 24.2 Å². The minimum absolute atomic E-state index is 0.0188.